The van der Waals surface area contributed by atoms with Crippen molar-refractivity contribution in [1.82, 2.24) is 0 Å². The molecule has 0 saturated carbocycles. The molecule has 0 aromatic heterocycles. The van der Waals surface area contributed by atoms with Gasteiger partial charge in [0.1, 0.15) is 4.75 Å². The Morgan fingerprint density at radius 2 is 1.77 bits per heavy atom. The molecule has 4 heteroatoms. The van der Waals surface area contributed by atoms with Crippen molar-refractivity contribution in [3.8, 4) is 0 Å². The average molecular weight is 206 g/mol. The molecule has 3 nitrogen and oxygen atoms in total. The van der Waals surface area contributed by atoms with Crippen molar-refractivity contribution < 1.29 is 13.2 Å². The maximum Gasteiger partial charge on any atom is 0.159 e. The Balaban J connectivity index is 4.97. The lowest BCUT2D eigenvalue weighted by molar-refractivity contribution is -0.124. The molecule has 0 aliphatic carbocycles. The molecule has 0 amide bonds. The van der Waals surface area contributed by atoms with E-state index in [1.54, 1.807) is 6.92 Å². The first kappa shape index (κ1) is 12.6. The molecule has 0 aliphatic heterocycles. The predicted octanol–water partition coefficient (Wildman–Crippen LogP) is 1.42. The van der Waals surface area contributed by atoms with Crippen molar-refractivity contribution in [3.05, 3.63) is 0 Å². The van der Waals surface area contributed by atoms with E-state index in [0.717, 1.165) is 6.26 Å². The van der Waals surface area contributed by atoms with Gasteiger partial charge < -0.3 is 0 Å². The Bertz CT molecular complexity index is 288. The number of ketones is 1. The molecule has 0 fully saturated rings. The summed E-state index contributed by atoms with van der Waals surface area (Å²) in [5.41, 5.74) is 0. The number of rotatable bonds is 4. The second-order valence-corrected chi connectivity index (χ2v) is 6.52. The molecule has 78 valence electrons. The van der Waals surface area contributed by atoms with E-state index >= 15 is 0 Å². The van der Waals surface area contributed by atoms with E-state index in [1.807, 2.05) is 6.92 Å². The summed E-state index contributed by atoms with van der Waals surface area (Å²) in [5, 5.41) is 0. The molecule has 1 atom stereocenters. The maximum absolute atomic E-state index is 11.7. The molecule has 0 N–H and O–H groups in total. The van der Waals surface area contributed by atoms with Crippen LogP contribution in [0.2, 0.25) is 0 Å². The topological polar surface area (TPSA) is 51.2 Å². The highest BCUT2D eigenvalue weighted by atomic mass is 32.2. The standard InChI is InChI=1S/C9H18O3S/c1-6-7(2)8(10)9(3,4)13(5,11)12/h7H,6H2,1-5H3. The molecule has 0 aromatic carbocycles. The summed E-state index contributed by atoms with van der Waals surface area (Å²) in [7, 11) is -3.31. The number of carbonyl (C=O) groups is 1. The highest BCUT2D eigenvalue weighted by Gasteiger charge is 2.39. The van der Waals surface area contributed by atoms with Gasteiger partial charge in [-0.3, -0.25) is 4.79 Å². The van der Waals surface area contributed by atoms with Crippen molar-refractivity contribution in [2.75, 3.05) is 6.26 Å². The fourth-order valence-electron chi connectivity index (χ4n) is 0.962. The summed E-state index contributed by atoms with van der Waals surface area (Å²) < 4.78 is 21.3. The number of hydrogen-bond acceptors (Lipinski definition) is 3. The lowest BCUT2D eigenvalue weighted by atomic mass is 9.94. The van der Waals surface area contributed by atoms with Gasteiger partial charge in [-0.2, -0.15) is 0 Å². The third-order valence-corrected chi connectivity index (χ3v) is 4.64. The predicted molar refractivity (Wildman–Crippen MR) is 53.4 cm³/mol. The van der Waals surface area contributed by atoms with E-state index in [9.17, 15) is 13.2 Å². The molecule has 0 heterocycles. The Labute approximate surface area is 80.4 Å². The normalized spacial score (nSPS) is 15.5. The quantitative estimate of drug-likeness (QED) is 0.699. The van der Waals surface area contributed by atoms with E-state index < -0.39 is 14.6 Å². The minimum atomic E-state index is -3.31. The van der Waals surface area contributed by atoms with Crippen molar-refractivity contribution in [1.29, 1.82) is 0 Å². The molecule has 1 unspecified atom stereocenters. The lowest BCUT2D eigenvalue weighted by Gasteiger charge is -2.23. The largest absolute Gasteiger partial charge is 0.298 e. The van der Waals surface area contributed by atoms with Crippen molar-refractivity contribution in [3.63, 3.8) is 0 Å². The van der Waals surface area contributed by atoms with Crippen LogP contribution in [0.4, 0.5) is 0 Å². The maximum atomic E-state index is 11.7. The molecule has 0 aromatic rings. The van der Waals surface area contributed by atoms with Gasteiger partial charge in [0.05, 0.1) is 0 Å². The Kier molecular flexibility index (Phi) is 3.67. The zero-order chi connectivity index (χ0) is 10.9. The highest BCUT2D eigenvalue weighted by molar-refractivity contribution is 7.92. The van der Waals surface area contributed by atoms with Gasteiger partial charge in [-0.1, -0.05) is 13.8 Å². The molecule has 0 aliphatic rings. The molecular formula is C9H18O3S. The average Bonchev–Trinajstić information content (AvgIpc) is 1.99. The van der Waals surface area contributed by atoms with Gasteiger partial charge in [0.2, 0.25) is 0 Å². The number of carbonyl (C=O) groups excluding carboxylic acids is 1. The third-order valence-electron chi connectivity index (χ3n) is 2.58. The summed E-state index contributed by atoms with van der Waals surface area (Å²) in [4.78, 5) is 11.7. The Hall–Kier alpha value is -0.380. The minimum Gasteiger partial charge on any atom is -0.298 e. The number of Topliss-reactive ketones (excluding diaryl/α,β-unsaturated/α-hetero) is 1. The first-order valence-corrected chi connectivity index (χ1v) is 6.27. The smallest absolute Gasteiger partial charge is 0.159 e. The van der Waals surface area contributed by atoms with E-state index in [1.165, 1.54) is 13.8 Å². The summed E-state index contributed by atoms with van der Waals surface area (Å²) in [6.07, 6.45) is 1.78. The fraction of sp³-hybridized carbons (Fsp3) is 0.889. The van der Waals surface area contributed by atoms with Crippen molar-refractivity contribution in [2.45, 2.75) is 38.9 Å². The Morgan fingerprint density at radius 1 is 1.38 bits per heavy atom. The molecule has 0 radical (unpaired) electrons. The van der Waals surface area contributed by atoms with Crippen LogP contribution in [0.15, 0.2) is 0 Å². The molecule has 0 saturated heterocycles. The van der Waals surface area contributed by atoms with E-state index in [4.69, 9.17) is 0 Å². The molecule has 13 heavy (non-hydrogen) atoms. The van der Waals surface area contributed by atoms with Gasteiger partial charge in [0, 0.05) is 12.2 Å². The van der Waals surface area contributed by atoms with Gasteiger partial charge in [-0.15, -0.1) is 0 Å². The van der Waals surface area contributed by atoms with Crippen LogP contribution >= 0.6 is 0 Å². The van der Waals surface area contributed by atoms with Gasteiger partial charge in [-0.25, -0.2) is 8.42 Å². The van der Waals surface area contributed by atoms with Gasteiger partial charge in [-0.05, 0) is 20.3 Å². The van der Waals surface area contributed by atoms with Crippen molar-refractivity contribution >= 4 is 15.6 Å². The monoisotopic (exact) mass is 206 g/mol. The van der Waals surface area contributed by atoms with Crippen LogP contribution in [0.25, 0.3) is 0 Å². The van der Waals surface area contributed by atoms with Crippen LogP contribution in [0, 0.1) is 5.92 Å². The van der Waals surface area contributed by atoms with Crippen molar-refractivity contribution in [2.24, 2.45) is 5.92 Å². The fourth-order valence-corrected chi connectivity index (χ4v) is 1.53. The number of hydrogen-bond donors (Lipinski definition) is 0. The summed E-state index contributed by atoms with van der Waals surface area (Å²) in [6, 6.07) is 0. The zero-order valence-electron chi connectivity index (χ0n) is 8.92. The van der Waals surface area contributed by atoms with Gasteiger partial charge in [0.25, 0.3) is 0 Å². The second kappa shape index (κ2) is 3.78. The first-order chi connectivity index (χ1) is 5.64. The molecule has 0 bridgehead atoms. The van der Waals surface area contributed by atoms with Gasteiger partial charge in [0.15, 0.2) is 15.6 Å². The molecule has 0 spiro atoms. The third kappa shape index (κ3) is 2.53. The van der Waals surface area contributed by atoms with Gasteiger partial charge >= 0.3 is 0 Å². The molecule has 0 rings (SSSR count). The summed E-state index contributed by atoms with van der Waals surface area (Å²) in [6.45, 7) is 6.57. The van der Waals surface area contributed by atoms with Crippen LogP contribution in [0.1, 0.15) is 34.1 Å². The second-order valence-electron chi connectivity index (χ2n) is 3.96. The zero-order valence-corrected chi connectivity index (χ0v) is 9.73. The van der Waals surface area contributed by atoms with Crippen LogP contribution in [-0.2, 0) is 14.6 Å². The van der Waals surface area contributed by atoms with Crippen LogP contribution in [0.3, 0.4) is 0 Å². The van der Waals surface area contributed by atoms with E-state index in [0.29, 0.717) is 6.42 Å². The lowest BCUT2D eigenvalue weighted by Crippen LogP contribution is -2.42. The summed E-state index contributed by atoms with van der Waals surface area (Å²) in [5.74, 6) is -0.387. The summed E-state index contributed by atoms with van der Waals surface area (Å²) >= 11 is 0. The number of sulfone groups is 1. The minimum absolute atomic E-state index is 0.190. The van der Waals surface area contributed by atoms with Crippen LogP contribution < -0.4 is 0 Å². The Morgan fingerprint density at radius 3 is 2.00 bits per heavy atom. The van der Waals surface area contributed by atoms with Crippen LogP contribution in [0.5, 0.6) is 0 Å². The van der Waals surface area contributed by atoms with E-state index in [2.05, 4.69) is 0 Å². The van der Waals surface area contributed by atoms with Crippen LogP contribution in [-0.4, -0.2) is 25.2 Å². The molecular weight excluding hydrogens is 188 g/mol. The SMILES string of the molecule is CCC(C)C(=O)C(C)(C)S(C)(=O)=O. The first-order valence-electron chi connectivity index (χ1n) is 4.38. The highest BCUT2D eigenvalue weighted by Crippen LogP contribution is 2.22. The van der Waals surface area contributed by atoms with E-state index in [-0.39, 0.29) is 11.7 Å².